The number of carboxylic acid groups (broad SMARTS) is 1. The van der Waals surface area contributed by atoms with Crippen LogP contribution in [0.1, 0.15) is 6.42 Å². The molecule has 3 amide bonds. The quantitative estimate of drug-likeness (QED) is 0.336. The van der Waals surface area contributed by atoms with Crippen LogP contribution in [0.15, 0.2) is 0 Å². The van der Waals surface area contributed by atoms with Gasteiger partial charge in [0.1, 0.15) is 6.04 Å². The van der Waals surface area contributed by atoms with E-state index in [0.29, 0.717) is 0 Å². The maximum Gasteiger partial charge on any atom is 0.326 e. The van der Waals surface area contributed by atoms with Gasteiger partial charge in [0.15, 0.2) is 0 Å². The van der Waals surface area contributed by atoms with Gasteiger partial charge in [0, 0.05) is 13.1 Å². The van der Waals surface area contributed by atoms with E-state index in [1.807, 2.05) is 0 Å². The minimum atomic E-state index is -1.32. The molecule has 0 aliphatic carbocycles. The average Bonchev–Trinajstić information content (AvgIpc) is 2.12. The summed E-state index contributed by atoms with van der Waals surface area (Å²) in [6.07, 6.45) is -0.453. The second-order valence-corrected chi connectivity index (χ2v) is 2.75. The Morgan fingerprint density at radius 2 is 1.93 bits per heavy atom. The third-order valence-electron chi connectivity index (χ3n) is 1.44. The molecule has 0 saturated carbocycles. The molecule has 7 N–H and O–H groups in total. The Hall–Kier alpha value is -1.83. The van der Waals surface area contributed by atoms with Crippen molar-refractivity contribution in [1.29, 1.82) is 0 Å². The molecule has 0 aromatic carbocycles. The van der Waals surface area contributed by atoms with E-state index in [9.17, 15) is 14.4 Å². The summed E-state index contributed by atoms with van der Waals surface area (Å²) in [5.74, 6) is -2.13. The number of hydrogen-bond acceptors (Lipinski definition) is 4. The zero-order chi connectivity index (χ0) is 11.8. The summed E-state index contributed by atoms with van der Waals surface area (Å²) >= 11 is 0. The Morgan fingerprint density at radius 3 is 2.33 bits per heavy atom. The number of rotatable bonds is 6. The number of carbonyl (C=O) groups excluding carboxylic acids is 2. The summed E-state index contributed by atoms with van der Waals surface area (Å²) in [5.41, 5.74) is 9.93. The predicted octanol–water partition coefficient (Wildman–Crippen LogP) is -2.43. The molecular weight excluding hydrogens is 204 g/mol. The Bertz CT molecular complexity index is 255. The number of nitrogens with one attached hydrogen (secondary N) is 2. The molecule has 0 aromatic rings. The van der Waals surface area contributed by atoms with Gasteiger partial charge < -0.3 is 27.2 Å². The number of carbonyl (C=O) groups is 3. The van der Waals surface area contributed by atoms with Crippen LogP contribution in [0.3, 0.4) is 0 Å². The van der Waals surface area contributed by atoms with Crippen molar-refractivity contribution in [3.63, 3.8) is 0 Å². The lowest BCUT2D eigenvalue weighted by atomic mass is 10.2. The molecule has 8 nitrogen and oxygen atoms in total. The number of nitrogens with two attached hydrogens (primary N) is 2. The fourth-order valence-electron chi connectivity index (χ4n) is 0.796. The summed E-state index contributed by atoms with van der Waals surface area (Å²) in [5, 5.41) is 13.0. The number of amides is 3. The number of hydrogen-bond donors (Lipinski definition) is 5. The number of carboxylic acids is 1. The second-order valence-electron chi connectivity index (χ2n) is 2.75. The standard InChI is InChI=1S/C7H14N4O4/c8-1-2-10-7(15)11-4(6(13)14)3-5(9)12/h4H,1-3,8H2,(H2,9,12)(H,13,14)(H2,10,11,15)/t4-/m1/s1. The van der Waals surface area contributed by atoms with Crippen LogP contribution in [-0.2, 0) is 9.59 Å². The van der Waals surface area contributed by atoms with E-state index >= 15 is 0 Å². The van der Waals surface area contributed by atoms with Gasteiger partial charge in [0.05, 0.1) is 6.42 Å². The van der Waals surface area contributed by atoms with Crippen LogP contribution >= 0.6 is 0 Å². The Morgan fingerprint density at radius 1 is 1.33 bits per heavy atom. The SMILES string of the molecule is NCCNC(=O)N[C@H](CC(N)=O)C(=O)O. The Labute approximate surface area is 86.0 Å². The first-order valence-electron chi connectivity index (χ1n) is 4.23. The van der Waals surface area contributed by atoms with Crippen LogP contribution in [0.25, 0.3) is 0 Å². The highest BCUT2D eigenvalue weighted by Crippen LogP contribution is 1.91. The van der Waals surface area contributed by atoms with Crippen LogP contribution < -0.4 is 22.1 Å². The number of aliphatic carboxylic acids is 1. The molecule has 0 spiro atoms. The van der Waals surface area contributed by atoms with Crippen molar-refractivity contribution in [2.24, 2.45) is 11.5 Å². The lowest BCUT2D eigenvalue weighted by molar-refractivity contribution is -0.140. The van der Waals surface area contributed by atoms with Gasteiger partial charge in [-0.25, -0.2) is 9.59 Å². The monoisotopic (exact) mass is 218 g/mol. The van der Waals surface area contributed by atoms with Gasteiger partial charge in [-0.15, -0.1) is 0 Å². The molecule has 1 atom stereocenters. The van der Waals surface area contributed by atoms with E-state index in [2.05, 4.69) is 10.6 Å². The highest BCUT2D eigenvalue weighted by molar-refractivity contribution is 5.87. The second kappa shape index (κ2) is 6.60. The summed E-state index contributed by atoms with van der Waals surface area (Å²) < 4.78 is 0. The largest absolute Gasteiger partial charge is 0.480 e. The molecule has 0 aliphatic heterocycles. The third kappa shape index (κ3) is 6.27. The summed E-state index contributed by atoms with van der Waals surface area (Å²) in [6, 6.07) is -2.02. The molecule has 0 fully saturated rings. The highest BCUT2D eigenvalue weighted by Gasteiger charge is 2.21. The minimum Gasteiger partial charge on any atom is -0.480 e. The fraction of sp³-hybridized carbons (Fsp3) is 0.571. The van der Waals surface area contributed by atoms with E-state index in [0.717, 1.165) is 0 Å². The molecule has 0 unspecified atom stereocenters. The first-order chi connectivity index (χ1) is 6.97. The molecule has 0 rings (SSSR count). The molecule has 86 valence electrons. The van der Waals surface area contributed by atoms with E-state index in [4.69, 9.17) is 16.6 Å². The van der Waals surface area contributed by atoms with E-state index in [1.165, 1.54) is 0 Å². The van der Waals surface area contributed by atoms with Crippen LogP contribution in [-0.4, -0.2) is 42.1 Å². The maximum atomic E-state index is 11.0. The lowest BCUT2D eigenvalue weighted by Crippen LogP contribution is -2.48. The van der Waals surface area contributed by atoms with Crippen molar-refractivity contribution in [3.05, 3.63) is 0 Å². The van der Waals surface area contributed by atoms with E-state index < -0.39 is 30.4 Å². The maximum absolute atomic E-state index is 11.0. The van der Waals surface area contributed by atoms with E-state index in [1.54, 1.807) is 0 Å². The molecule has 0 heterocycles. The van der Waals surface area contributed by atoms with Crippen molar-refractivity contribution in [2.45, 2.75) is 12.5 Å². The summed E-state index contributed by atoms with van der Waals surface area (Å²) in [7, 11) is 0. The molecule has 15 heavy (non-hydrogen) atoms. The topological polar surface area (TPSA) is 148 Å². The fourth-order valence-corrected chi connectivity index (χ4v) is 0.796. The highest BCUT2D eigenvalue weighted by atomic mass is 16.4. The molecule has 0 radical (unpaired) electrons. The van der Waals surface area contributed by atoms with Crippen molar-refractivity contribution in [2.75, 3.05) is 13.1 Å². The first kappa shape index (κ1) is 13.2. The summed E-state index contributed by atoms with van der Waals surface area (Å²) in [4.78, 5) is 32.1. The van der Waals surface area contributed by atoms with Gasteiger partial charge in [-0.1, -0.05) is 0 Å². The van der Waals surface area contributed by atoms with Crippen molar-refractivity contribution >= 4 is 17.9 Å². The molecule has 8 heteroatoms. The van der Waals surface area contributed by atoms with Crippen LogP contribution in [0.5, 0.6) is 0 Å². The molecule has 0 aromatic heterocycles. The molecule has 0 bridgehead atoms. The van der Waals surface area contributed by atoms with Crippen molar-refractivity contribution in [1.82, 2.24) is 10.6 Å². The smallest absolute Gasteiger partial charge is 0.326 e. The lowest BCUT2D eigenvalue weighted by Gasteiger charge is -2.13. The average molecular weight is 218 g/mol. The Balaban J connectivity index is 4.10. The van der Waals surface area contributed by atoms with Crippen molar-refractivity contribution in [3.8, 4) is 0 Å². The molecule has 0 saturated heterocycles. The normalized spacial score (nSPS) is 11.5. The van der Waals surface area contributed by atoms with Gasteiger partial charge in [-0.3, -0.25) is 4.79 Å². The van der Waals surface area contributed by atoms with Crippen LogP contribution in [0, 0.1) is 0 Å². The zero-order valence-electron chi connectivity index (χ0n) is 8.03. The van der Waals surface area contributed by atoms with Gasteiger partial charge in [-0.2, -0.15) is 0 Å². The molecular formula is C7H14N4O4. The van der Waals surface area contributed by atoms with Gasteiger partial charge in [0.25, 0.3) is 0 Å². The Kier molecular flexibility index (Phi) is 5.79. The molecule has 0 aliphatic rings. The number of urea groups is 1. The van der Waals surface area contributed by atoms with Crippen LogP contribution in [0.4, 0.5) is 4.79 Å². The van der Waals surface area contributed by atoms with Crippen LogP contribution in [0.2, 0.25) is 0 Å². The van der Waals surface area contributed by atoms with Gasteiger partial charge in [-0.05, 0) is 0 Å². The van der Waals surface area contributed by atoms with Crippen molar-refractivity contribution < 1.29 is 19.5 Å². The zero-order valence-corrected chi connectivity index (χ0v) is 8.03. The number of primary amides is 1. The first-order valence-corrected chi connectivity index (χ1v) is 4.23. The third-order valence-corrected chi connectivity index (χ3v) is 1.44. The van der Waals surface area contributed by atoms with E-state index in [-0.39, 0.29) is 13.1 Å². The van der Waals surface area contributed by atoms with Gasteiger partial charge in [0.2, 0.25) is 5.91 Å². The predicted molar refractivity (Wildman–Crippen MR) is 50.8 cm³/mol. The van der Waals surface area contributed by atoms with Gasteiger partial charge >= 0.3 is 12.0 Å². The minimum absolute atomic E-state index is 0.217. The summed E-state index contributed by atoms with van der Waals surface area (Å²) in [6.45, 7) is 0.454.